The van der Waals surface area contributed by atoms with Crippen LogP contribution in [0.3, 0.4) is 0 Å². The van der Waals surface area contributed by atoms with E-state index in [0.717, 1.165) is 38.6 Å². The zero-order valence-electron chi connectivity index (χ0n) is 11.1. The van der Waals surface area contributed by atoms with Crippen molar-refractivity contribution in [1.29, 1.82) is 0 Å². The summed E-state index contributed by atoms with van der Waals surface area (Å²) in [7, 11) is 0. The number of nitrogens with one attached hydrogen (secondary N) is 2. The second-order valence-corrected chi connectivity index (χ2v) is 5.08. The Kier molecular flexibility index (Phi) is 4.97. The van der Waals surface area contributed by atoms with Gasteiger partial charge in [0.1, 0.15) is 6.04 Å². The van der Waals surface area contributed by atoms with Gasteiger partial charge in [0.25, 0.3) is 0 Å². The number of amides is 2. The van der Waals surface area contributed by atoms with Crippen LogP contribution >= 0.6 is 0 Å². The molecule has 0 aromatic heterocycles. The van der Waals surface area contributed by atoms with Gasteiger partial charge in [-0.2, -0.15) is 0 Å². The molecule has 0 bridgehead atoms. The number of hydrogen-bond acceptors (Lipinski definition) is 2. The molecule has 2 amide bonds. The van der Waals surface area contributed by atoms with Crippen LogP contribution in [0, 0.1) is 5.41 Å². The average Bonchev–Trinajstić information content (AvgIpc) is 2.54. The summed E-state index contributed by atoms with van der Waals surface area (Å²) in [5.74, 6) is -0.0324. The highest BCUT2D eigenvalue weighted by atomic mass is 16.2. The van der Waals surface area contributed by atoms with Crippen molar-refractivity contribution < 1.29 is 9.59 Å². The van der Waals surface area contributed by atoms with E-state index in [1.807, 2.05) is 20.8 Å². The Morgan fingerprint density at radius 2 is 2.06 bits per heavy atom. The zero-order chi connectivity index (χ0) is 12.9. The Labute approximate surface area is 104 Å². The third-order valence-electron chi connectivity index (χ3n) is 3.95. The van der Waals surface area contributed by atoms with Gasteiger partial charge in [0, 0.05) is 12.0 Å². The van der Waals surface area contributed by atoms with Crippen molar-refractivity contribution in [2.75, 3.05) is 6.54 Å². The number of carbonyl (C=O) groups is 2. The van der Waals surface area contributed by atoms with Crippen molar-refractivity contribution >= 4 is 11.8 Å². The number of carbonyl (C=O) groups excluding carboxylic acids is 2. The van der Waals surface area contributed by atoms with E-state index in [9.17, 15) is 9.59 Å². The quantitative estimate of drug-likeness (QED) is 0.784. The maximum Gasteiger partial charge on any atom is 0.242 e. The van der Waals surface area contributed by atoms with E-state index in [4.69, 9.17) is 0 Å². The van der Waals surface area contributed by atoms with Crippen LogP contribution in [0.25, 0.3) is 0 Å². The van der Waals surface area contributed by atoms with Gasteiger partial charge in [0.15, 0.2) is 0 Å². The van der Waals surface area contributed by atoms with Crippen molar-refractivity contribution in [2.24, 2.45) is 5.41 Å². The van der Waals surface area contributed by atoms with E-state index in [1.54, 1.807) is 0 Å². The van der Waals surface area contributed by atoms with E-state index in [0.29, 0.717) is 0 Å². The normalized spacial score (nSPS) is 21.6. The molecule has 1 aliphatic rings. The van der Waals surface area contributed by atoms with Crippen LogP contribution in [-0.2, 0) is 9.59 Å². The van der Waals surface area contributed by atoms with Gasteiger partial charge in [-0.3, -0.25) is 9.59 Å². The Balaban J connectivity index is 2.63. The van der Waals surface area contributed by atoms with E-state index in [2.05, 4.69) is 10.6 Å². The van der Waals surface area contributed by atoms with Gasteiger partial charge in [-0.05, 0) is 32.1 Å². The molecular formula is C13H24N2O2. The summed E-state index contributed by atoms with van der Waals surface area (Å²) in [6, 6.07) is -0.345. The Hall–Kier alpha value is -1.06. The lowest BCUT2D eigenvalue weighted by molar-refractivity contribution is -0.135. The summed E-state index contributed by atoms with van der Waals surface area (Å²) in [4.78, 5) is 23.9. The van der Waals surface area contributed by atoms with Crippen molar-refractivity contribution in [3.63, 3.8) is 0 Å². The molecule has 98 valence electrons. The summed E-state index contributed by atoms with van der Waals surface area (Å²) in [5, 5.41) is 5.73. The van der Waals surface area contributed by atoms with Gasteiger partial charge < -0.3 is 10.6 Å². The summed E-state index contributed by atoms with van der Waals surface area (Å²) < 4.78 is 0. The highest BCUT2D eigenvalue weighted by Gasteiger charge is 2.32. The molecule has 1 fully saturated rings. The standard InChI is InChI=1S/C13H24N2O2/c1-4-13(3,5-2)12(17)15-10-8-6-7-9-14-11(10)16/h10H,4-9H2,1-3H3,(H,14,16)(H,15,17). The summed E-state index contributed by atoms with van der Waals surface area (Å²) in [6.45, 7) is 6.70. The van der Waals surface area contributed by atoms with Crippen LogP contribution < -0.4 is 10.6 Å². The van der Waals surface area contributed by atoms with E-state index < -0.39 is 0 Å². The fourth-order valence-corrected chi connectivity index (χ4v) is 1.98. The molecule has 0 aromatic carbocycles. The van der Waals surface area contributed by atoms with Crippen LogP contribution in [0.4, 0.5) is 0 Å². The van der Waals surface area contributed by atoms with Crippen LogP contribution in [-0.4, -0.2) is 24.4 Å². The summed E-state index contributed by atoms with van der Waals surface area (Å²) >= 11 is 0. The Bertz CT molecular complexity index is 285. The molecule has 0 aliphatic carbocycles. The smallest absolute Gasteiger partial charge is 0.242 e. The molecule has 1 rings (SSSR count). The first-order chi connectivity index (χ1) is 8.03. The lowest BCUT2D eigenvalue weighted by atomic mass is 9.83. The molecule has 0 spiro atoms. The molecule has 4 heteroatoms. The molecule has 4 nitrogen and oxygen atoms in total. The van der Waals surface area contributed by atoms with Crippen molar-refractivity contribution in [2.45, 2.75) is 58.9 Å². The van der Waals surface area contributed by atoms with Crippen molar-refractivity contribution in [3.05, 3.63) is 0 Å². The summed E-state index contributed by atoms with van der Waals surface area (Å²) in [5.41, 5.74) is -0.355. The second kappa shape index (κ2) is 6.03. The molecule has 1 unspecified atom stereocenters. The maximum atomic E-state index is 12.2. The first-order valence-corrected chi connectivity index (χ1v) is 6.62. The first kappa shape index (κ1) is 14.0. The minimum atomic E-state index is -0.355. The van der Waals surface area contributed by atoms with Crippen LogP contribution in [0.2, 0.25) is 0 Å². The van der Waals surface area contributed by atoms with Gasteiger partial charge in [-0.1, -0.05) is 20.8 Å². The molecule has 2 N–H and O–H groups in total. The van der Waals surface area contributed by atoms with Crippen LogP contribution in [0.1, 0.15) is 52.9 Å². The highest BCUT2D eigenvalue weighted by Crippen LogP contribution is 2.25. The molecule has 0 radical (unpaired) electrons. The van der Waals surface area contributed by atoms with Gasteiger partial charge >= 0.3 is 0 Å². The first-order valence-electron chi connectivity index (χ1n) is 6.62. The molecule has 17 heavy (non-hydrogen) atoms. The Morgan fingerprint density at radius 1 is 1.41 bits per heavy atom. The lowest BCUT2D eigenvalue weighted by Crippen LogP contribution is -2.50. The zero-order valence-corrected chi connectivity index (χ0v) is 11.1. The second-order valence-electron chi connectivity index (χ2n) is 5.08. The van der Waals surface area contributed by atoms with Gasteiger partial charge in [0.05, 0.1) is 0 Å². The monoisotopic (exact) mass is 240 g/mol. The SMILES string of the molecule is CCC(C)(CC)C(=O)NC1CCCCNC1=O. The van der Waals surface area contributed by atoms with Crippen LogP contribution in [0.5, 0.6) is 0 Å². The molecule has 1 atom stereocenters. The highest BCUT2D eigenvalue weighted by molar-refractivity contribution is 5.90. The van der Waals surface area contributed by atoms with Gasteiger partial charge in [0.2, 0.25) is 11.8 Å². The molecule has 1 saturated heterocycles. The predicted octanol–water partition coefficient (Wildman–Crippen LogP) is 1.60. The fourth-order valence-electron chi connectivity index (χ4n) is 1.98. The minimum absolute atomic E-state index is 0.00421. The van der Waals surface area contributed by atoms with Crippen molar-refractivity contribution in [1.82, 2.24) is 10.6 Å². The number of rotatable bonds is 4. The minimum Gasteiger partial charge on any atom is -0.354 e. The van der Waals surface area contributed by atoms with Gasteiger partial charge in [-0.25, -0.2) is 0 Å². The molecule has 1 heterocycles. The molecule has 0 saturated carbocycles. The fraction of sp³-hybridized carbons (Fsp3) is 0.846. The third-order valence-corrected chi connectivity index (χ3v) is 3.95. The van der Waals surface area contributed by atoms with Crippen LogP contribution in [0.15, 0.2) is 0 Å². The number of hydrogen-bond donors (Lipinski definition) is 2. The predicted molar refractivity (Wildman–Crippen MR) is 67.5 cm³/mol. The average molecular weight is 240 g/mol. The lowest BCUT2D eigenvalue weighted by Gasteiger charge is -2.27. The molecule has 0 aromatic rings. The van der Waals surface area contributed by atoms with Gasteiger partial charge in [-0.15, -0.1) is 0 Å². The largest absolute Gasteiger partial charge is 0.354 e. The maximum absolute atomic E-state index is 12.2. The molecular weight excluding hydrogens is 216 g/mol. The van der Waals surface area contributed by atoms with Crippen molar-refractivity contribution in [3.8, 4) is 0 Å². The third kappa shape index (κ3) is 3.45. The van der Waals surface area contributed by atoms with E-state index in [-0.39, 0.29) is 23.3 Å². The Morgan fingerprint density at radius 3 is 2.65 bits per heavy atom. The topological polar surface area (TPSA) is 58.2 Å². The molecule has 1 aliphatic heterocycles. The van der Waals surface area contributed by atoms with E-state index in [1.165, 1.54) is 0 Å². The van der Waals surface area contributed by atoms with E-state index >= 15 is 0 Å². The summed E-state index contributed by atoms with van der Waals surface area (Å²) in [6.07, 6.45) is 4.32.